The first-order valence-electron chi connectivity index (χ1n) is 4.80. The SMILES string of the molecule is CC(C)NC(=O)CCOC1CNC1. The van der Waals surface area contributed by atoms with E-state index in [9.17, 15) is 4.79 Å². The monoisotopic (exact) mass is 186 g/mol. The molecule has 1 saturated heterocycles. The van der Waals surface area contributed by atoms with E-state index in [0.29, 0.717) is 19.1 Å². The minimum atomic E-state index is 0.0716. The lowest BCUT2D eigenvalue weighted by Crippen LogP contribution is -2.48. The lowest BCUT2D eigenvalue weighted by atomic mass is 10.2. The van der Waals surface area contributed by atoms with Gasteiger partial charge in [-0.15, -0.1) is 0 Å². The van der Waals surface area contributed by atoms with Crippen molar-refractivity contribution in [1.29, 1.82) is 0 Å². The van der Waals surface area contributed by atoms with Gasteiger partial charge in [0.25, 0.3) is 0 Å². The Bertz CT molecular complexity index is 167. The molecule has 4 heteroatoms. The van der Waals surface area contributed by atoms with Gasteiger partial charge in [0.15, 0.2) is 0 Å². The number of carbonyl (C=O) groups is 1. The van der Waals surface area contributed by atoms with E-state index in [-0.39, 0.29) is 11.9 Å². The molecule has 13 heavy (non-hydrogen) atoms. The molecular weight excluding hydrogens is 168 g/mol. The minimum absolute atomic E-state index is 0.0716. The van der Waals surface area contributed by atoms with Crippen LogP contribution in [0.4, 0.5) is 0 Å². The zero-order valence-corrected chi connectivity index (χ0v) is 8.30. The van der Waals surface area contributed by atoms with Gasteiger partial charge in [0.2, 0.25) is 5.91 Å². The zero-order chi connectivity index (χ0) is 9.68. The van der Waals surface area contributed by atoms with Crippen molar-refractivity contribution >= 4 is 5.91 Å². The minimum Gasteiger partial charge on any atom is -0.375 e. The van der Waals surface area contributed by atoms with Crippen LogP contribution in [0.3, 0.4) is 0 Å². The molecule has 1 heterocycles. The third-order valence-electron chi connectivity index (χ3n) is 1.88. The fraction of sp³-hybridized carbons (Fsp3) is 0.889. The molecule has 2 N–H and O–H groups in total. The molecule has 0 aromatic carbocycles. The van der Waals surface area contributed by atoms with Crippen LogP contribution >= 0.6 is 0 Å². The standard InChI is InChI=1S/C9H18N2O2/c1-7(2)11-9(12)3-4-13-8-5-10-6-8/h7-8,10H,3-6H2,1-2H3,(H,11,12). The Morgan fingerprint density at radius 3 is 2.77 bits per heavy atom. The number of hydrogen-bond acceptors (Lipinski definition) is 3. The first kappa shape index (κ1) is 10.5. The van der Waals surface area contributed by atoms with Gasteiger partial charge in [-0.3, -0.25) is 4.79 Å². The van der Waals surface area contributed by atoms with Crippen molar-refractivity contribution in [1.82, 2.24) is 10.6 Å². The average molecular weight is 186 g/mol. The van der Waals surface area contributed by atoms with Crippen LogP contribution in [0.5, 0.6) is 0 Å². The Labute approximate surface area is 79.0 Å². The van der Waals surface area contributed by atoms with Crippen molar-refractivity contribution in [3.05, 3.63) is 0 Å². The molecule has 0 saturated carbocycles. The lowest BCUT2D eigenvalue weighted by molar-refractivity contribution is -0.123. The van der Waals surface area contributed by atoms with E-state index < -0.39 is 0 Å². The fourth-order valence-corrected chi connectivity index (χ4v) is 1.09. The average Bonchev–Trinajstić information content (AvgIpc) is 1.92. The molecule has 1 fully saturated rings. The van der Waals surface area contributed by atoms with Gasteiger partial charge in [-0.1, -0.05) is 0 Å². The van der Waals surface area contributed by atoms with E-state index in [0.717, 1.165) is 13.1 Å². The van der Waals surface area contributed by atoms with Crippen molar-refractivity contribution in [3.8, 4) is 0 Å². The van der Waals surface area contributed by atoms with Gasteiger partial charge in [0.05, 0.1) is 12.7 Å². The summed E-state index contributed by atoms with van der Waals surface area (Å²) in [7, 11) is 0. The molecule has 0 spiro atoms. The number of nitrogens with one attached hydrogen (secondary N) is 2. The highest BCUT2D eigenvalue weighted by Gasteiger charge is 2.16. The highest BCUT2D eigenvalue weighted by Crippen LogP contribution is 1.98. The molecule has 1 amide bonds. The summed E-state index contributed by atoms with van der Waals surface area (Å²) < 4.78 is 5.41. The molecule has 0 unspecified atom stereocenters. The number of hydrogen-bond donors (Lipinski definition) is 2. The second-order valence-corrected chi connectivity index (χ2v) is 3.62. The maximum Gasteiger partial charge on any atom is 0.222 e. The number of amides is 1. The van der Waals surface area contributed by atoms with Crippen molar-refractivity contribution in [2.45, 2.75) is 32.4 Å². The van der Waals surface area contributed by atoms with Crippen molar-refractivity contribution < 1.29 is 9.53 Å². The molecule has 0 bridgehead atoms. The van der Waals surface area contributed by atoms with E-state index in [1.165, 1.54) is 0 Å². The van der Waals surface area contributed by atoms with Gasteiger partial charge in [-0.05, 0) is 13.8 Å². The zero-order valence-electron chi connectivity index (χ0n) is 8.30. The van der Waals surface area contributed by atoms with Crippen LogP contribution in [0.1, 0.15) is 20.3 Å². The second kappa shape index (κ2) is 5.19. The summed E-state index contributed by atoms with van der Waals surface area (Å²) in [5.41, 5.74) is 0. The summed E-state index contributed by atoms with van der Waals surface area (Å²) in [6.07, 6.45) is 0.793. The van der Waals surface area contributed by atoms with Gasteiger partial charge in [0, 0.05) is 25.6 Å². The Balaban J connectivity index is 1.94. The Hall–Kier alpha value is -0.610. The highest BCUT2D eigenvalue weighted by molar-refractivity contribution is 5.76. The molecular formula is C9H18N2O2. The van der Waals surface area contributed by atoms with E-state index in [1.807, 2.05) is 13.8 Å². The molecule has 0 atom stereocenters. The van der Waals surface area contributed by atoms with Crippen LogP contribution in [0.25, 0.3) is 0 Å². The molecule has 76 valence electrons. The van der Waals surface area contributed by atoms with Crippen molar-refractivity contribution in [2.24, 2.45) is 0 Å². The van der Waals surface area contributed by atoms with Gasteiger partial charge < -0.3 is 15.4 Å². The summed E-state index contributed by atoms with van der Waals surface area (Å²) in [6, 6.07) is 0.220. The first-order valence-corrected chi connectivity index (χ1v) is 4.80. The van der Waals surface area contributed by atoms with Crippen LogP contribution < -0.4 is 10.6 Å². The first-order chi connectivity index (χ1) is 6.18. The lowest BCUT2D eigenvalue weighted by Gasteiger charge is -2.26. The van der Waals surface area contributed by atoms with Crippen LogP contribution in [-0.2, 0) is 9.53 Å². The predicted molar refractivity (Wildman–Crippen MR) is 50.5 cm³/mol. The largest absolute Gasteiger partial charge is 0.375 e. The van der Waals surface area contributed by atoms with Crippen LogP contribution in [0, 0.1) is 0 Å². The number of rotatable bonds is 5. The molecule has 1 aliphatic heterocycles. The van der Waals surface area contributed by atoms with Crippen molar-refractivity contribution in [2.75, 3.05) is 19.7 Å². The van der Waals surface area contributed by atoms with Gasteiger partial charge >= 0.3 is 0 Å². The maximum absolute atomic E-state index is 11.1. The van der Waals surface area contributed by atoms with E-state index >= 15 is 0 Å². The number of carbonyl (C=O) groups excluding carboxylic acids is 1. The summed E-state index contributed by atoms with van der Waals surface area (Å²) in [6.45, 7) is 6.28. The summed E-state index contributed by atoms with van der Waals surface area (Å²) in [4.78, 5) is 11.1. The normalized spacial score (nSPS) is 17.2. The molecule has 1 rings (SSSR count). The maximum atomic E-state index is 11.1. The second-order valence-electron chi connectivity index (χ2n) is 3.62. The molecule has 1 aliphatic rings. The van der Waals surface area contributed by atoms with Crippen LogP contribution in [-0.4, -0.2) is 37.7 Å². The highest BCUT2D eigenvalue weighted by atomic mass is 16.5. The molecule has 0 radical (unpaired) electrons. The van der Waals surface area contributed by atoms with E-state index in [2.05, 4.69) is 10.6 Å². The van der Waals surface area contributed by atoms with E-state index in [1.54, 1.807) is 0 Å². The Morgan fingerprint density at radius 2 is 2.31 bits per heavy atom. The molecule has 0 aliphatic carbocycles. The van der Waals surface area contributed by atoms with Crippen LogP contribution in [0.15, 0.2) is 0 Å². The van der Waals surface area contributed by atoms with Gasteiger partial charge in [-0.2, -0.15) is 0 Å². The Kier molecular flexibility index (Phi) is 4.18. The number of ether oxygens (including phenoxy) is 1. The smallest absolute Gasteiger partial charge is 0.222 e. The molecule has 0 aromatic heterocycles. The Morgan fingerprint density at radius 1 is 1.62 bits per heavy atom. The van der Waals surface area contributed by atoms with Crippen LogP contribution in [0.2, 0.25) is 0 Å². The predicted octanol–water partition coefficient (Wildman–Crippen LogP) is -0.110. The molecule has 4 nitrogen and oxygen atoms in total. The van der Waals surface area contributed by atoms with Gasteiger partial charge in [0.1, 0.15) is 0 Å². The fourth-order valence-electron chi connectivity index (χ4n) is 1.09. The third-order valence-corrected chi connectivity index (χ3v) is 1.88. The molecule has 0 aromatic rings. The topological polar surface area (TPSA) is 50.4 Å². The third kappa shape index (κ3) is 4.24. The quantitative estimate of drug-likeness (QED) is 0.630. The van der Waals surface area contributed by atoms with Gasteiger partial charge in [-0.25, -0.2) is 0 Å². The summed E-state index contributed by atoms with van der Waals surface area (Å²) >= 11 is 0. The van der Waals surface area contributed by atoms with E-state index in [4.69, 9.17) is 4.74 Å². The summed E-state index contributed by atoms with van der Waals surface area (Å²) in [5.74, 6) is 0.0716. The summed E-state index contributed by atoms with van der Waals surface area (Å²) in [5, 5.41) is 5.92. The van der Waals surface area contributed by atoms with Crippen molar-refractivity contribution in [3.63, 3.8) is 0 Å².